The average molecular weight is 217 g/mol. The molecule has 2 heterocycles. The van der Waals surface area contributed by atoms with E-state index in [1.807, 2.05) is 0 Å². The second-order valence-corrected chi connectivity index (χ2v) is 3.33. The molecule has 13 heavy (non-hydrogen) atoms. The summed E-state index contributed by atoms with van der Waals surface area (Å²) < 4.78 is 6.91. The Morgan fingerprint density at radius 1 is 1.38 bits per heavy atom. The Kier molecular flexibility index (Phi) is 2.06. The lowest BCUT2D eigenvalue weighted by atomic mass is 10.4. The highest BCUT2D eigenvalue weighted by Crippen LogP contribution is 2.24. The smallest absolute Gasteiger partial charge is 0.194 e. The normalized spacial score (nSPS) is 10.7. The van der Waals surface area contributed by atoms with Gasteiger partial charge in [0.05, 0.1) is 6.20 Å². The summed E-state index contributed by atoms with van der Waals surface area (Å²) in [5.41, 5.74) is 0. The lowest BCUT2D eigenvalue weighted by molar-refractivity contribution is 0.576. The lowest BCUT2D eigenvalue weighted by Gasteiger charge is -1.97. The topological polar surface area (TPSA) is 31.0 Å². The van der Waals surface area contributed by atoms with E-state index in [2.05, 4.69) is 4.98 Å². The first-order valence-corrected chi connectivity index (χ1v) is 4.37. The lowest BCUT2D eigenvalue weighted by Crippen LogP contribution is -1.90. The minimum Gasteiger partial charge on any atom is -0.441 e. The zero-order chi connectivity index (χ0) is 9.42. The summed E-state index contributed by atoms with van der Waals surface area (Å²) in [5, 5.41) is 0.900. The molecule has 2 rings (SSSR count). The number of hydrogen-bond donors (Lipinski definition) is 0. The molecule has 0 aliphatic rings. The summed E-state index contributed by atoms with van der Waals surface area (Å²) >= 11 is 11.4. The first-order chi connectivity index (χ1) is 6.18. The zero-order valence-corrected chi connectivity index (χ0v) is 8.30. The largest absolute Gasteiger partial charge is 0.441 e. The van der Waals surface area contributed by atoms with E-state index in [0.29, 0.717) is 22.0 Å². The van der Waals surface area contributed by atoms with Crippen LogP contribution in [-0.4, -0.2) is 9.55 Å². The third kappa shape index (κ3) is 1.45. The Morgan fingerprint density at radius 2 is 2.15 bits per heavy atom. The van der Waals surface area contributed by atoms with Gasteiger partial charge in [0.25, 0.3) is 0 Å². The van der Waals surface area contributed by atoms with Gasteiger partial charge in [0, 0.05) is 7.05 Å². The summed E-state index contributed by atoms with van der Waals surface area (Å²) in [4.78, 5) is 4.08. The van der Waals surface area contributed by atoms with Crippen LogP contribution in [0.5, 0.6) is 0 Å². The molecular formula is C8H6Cl2N2O. The van der Waals surface area contributed by atoms with Crippen LogP contribution in [0.4, 0.5) is 0 Å². The number of imidazole rings is 1. The van der Waals surface area contributed by atoms with E-state index in [-0.39, 0.29) is 0 Å². The van der Waals surface area contributed by atoms with Gasteiger partial charge >= 0.3 is 0 Å². The molecule has 0 saturated carbocycles. The summed E-state index contributed by atoms with van der Waals surface area (Å²) in [5.74, 6) is 1.27. The fourth-order valence-corrected chi connectivity index (χ4v) is 1.33. The van der Waals surface area contributed by atoms with Gasteiger partial charge in [0.1, 0.15) is 5.15 Å². The Hall–Kier alpha value is -0.930. The molecule has 2 aromatic heterocycles. The monoisotopic (exact) mass is 216 g/mol. The SMILES string of the molecule is Cn1c(Cl)cnc1-c1ccc(Cl)o1. The van der Waals surface area contributed by atoms with E-state index >= 15 is 0 Å². The highest BCUT2D eigenvalue weighted by molar-refractivity contribution is 6.29. The summed E-state index contributed by atoms with van der Waals surface area (Å²) in [7, 11) is 1.81. The zero-order valence-electron chi connectivity index (χ0n) is 6.79. The number of aromatic nitrogens is 2. The molecule has 0 saturated heterocycles. The van der Waals surface area contributed by atoms with E-state index < -0.39 is 0 Å². The molecule has 2 aromatic rings. The van der Waals surface area contributed by atoms with Gasteiger partial charge in [-0.2, -0.15) is 0 Å². The van der Waals surface area contributed by atoms with Crippen LogP contribution in [0.25, 0.3) is 11.6 Å². The second-order valence-electron chi connectivity index (χ2n) is 2.57. The minimum atomic E-state index is 0.342. The molecular weight excluding hydrogens is 211 g/mol. The van der Waals surface area contributed by atoms with Gasteiger partial charge in [-0.3, -0.25) is 0 Å². The van der Waals surface area contributed by atoms with Crippen LogP contribution in [0.1, 0.15) is 0 Å². The Bertz CT molecular complexity index is 433. The van der Waals surface area contributed by atoms with Crippen molar-refractivity contribution in [1.29, 1.82) is 0 Å². The van der Waals surface area contributed by atoms with Crippen molar-refractivity contribution in [1.82, 2.24) is 9.55 Å². The van der Waals surface area contributed by atoms with Crippen molar-refractivity contribution < 1.29 is 4.42 Å². The maximum Gasteiger partial charge on any atom is 0.194 e. The third-order valence-electron chi connectivity index (χ3n) is 1.73. The molecule has 0 aromatic carbocycles. The number of hydrogen-bond acceptors (Lipinski definition) is 2. The molecule has 0 spiro atoms. The molecule has 0 amide bonds. The highest BCUT2D eigenvalue weighted by Gasteiger charge is 2.10. The van der Waals surface area contributed by atoms with Crippen LogP contribution in [0.3, 0.4) is 0 Å². The maximum absolute atomic E-state index is 5.81. The van der Waals surface area contributed by atoms with Crippen molar-refractivity contribution in [3.63, 3.8) is 0 Å². The van der Waals surface area contributed by atoms with E-state index in [0.717, 1.165) is 0 Å². The van der Waals surface area contributed by atoms with Gasteiger partial charge in [0.15, 0.2) is 16.8 Å². The fourth-order valence-electron chi connectivity index (χ4n) is 1.05. The molecule has 5 heteroatoms. The molecule has 0 N–H and O–H groups in total. The van der Waals surface area contributed by atoms with Crippen molar-refractivity contribution in [3.05, 3.63) is 28.7 Å². The predicted octanol–water partition coefficient (Wildman–Crippen LogP) is 2.99. The summed E-state index contributed by atoms with van der Waals surface area (Å²) in [6.45, 7) is 0. The highest BCUT2D eigenvalue weighted by atomic mass is 35.5. The molecule has 0 atom stereocenters. The standard InChI is InChI=1S/C8H6Cl2N2O/c1-12-6(9)4-11-8(12)5-2-3-7(10)13-5/h2-4H,1H3. The number of rotatable bonds is 1. The number of halogens is 2. The van der Waals surface area contributed by atoms with Gasteiger partial charge < -0.3 is 8.98 Å². The van der Waals surface area contributed by atoms with Crippen LogP contribution >= 0.6 is 23.2 Å². The maximum atomic E-state index is 5.81. The molecule has 0 aliphatic carbocycles. The summed E-state index contributed by atoms with van der Waals surface area (Å²) in [6, 6.07) is 3.42. The quantitative estimate of drug-likeness (QED) is 0.735. The van der Waals surface area contributed by atoms with Crippen LogP contribution in [0.2, 0.25) is 10.4 Å². The van der Waals surface area contributed by atoms with Crippen LogP contribution in [0.15, 0.2) is 22.7 Å². The van der Waals surface area contributed by atoms with Gasteiger partial charge in [-0.25, -0.2) is 4.98 Å². The van der Waals surface area contributed by atoms with Gasteiger partial charge in [0.2, 0.25) is 0 Å². The number of nitrogens with zero attached hydrogens (tertiary/aromatic N) is 2. The third-order valence-corrected chi connectivity index (χ3v) is 2.28. The first kappa shape index (κ1) is 8.66. The molecule has 0 radical (unpaired) electrons. The van der Waals surface area contributed by atoms with Crippen molar-refractivity contribution in [2.75, 3.05) is 0 Å². The Morgan fingerprint density at radius 3 is 2.62 bits per heavy atom. The van der Waals surface area contributed by atoms with Crippen molar-refractivity contribution in [2.45, 2.75) is 0 Å². The molecule has 0 fully saturated rings. The molecule has 0 aliphatic heterocycles. The molecule has 0 bridgehead atoms. The van der Waals surface area contributed by atoms with Crippen molar-refractivity contribution in [3.8, 4) is 11.6 Å². The fraction of sp³-hybridized carbons (Fsp3) is 0.125. The molecule has 68 valence electrons. The first-order valence-electron chi connectivity index (χ1n) is 3.61. The van der Waals surface area contributed by atoms with Crippen LogP contribution < -0.4 is 0 Å². The molecule has 0 unspecified atom stereocenters. The minimum absolute atomic E-state index is 0.342. The van der Waals surface area contributed by atoms with Crippen molar-refractivity contribution >= 4 is 23.2 Å². The van der Waals surface area contributed by atoms with E-state index in [1.54, 1.807) is 29.9 Å². The van der Waals surface area contributed by atoms with Gasteiger partial charge in [-0.1, -0.05) is 11.6 Å². The summed E-state index contributed by atoms with van der Waals surface area (Å²) in [6.07, 6.45) is 1.56. The Labute approximate surface area is 84.9 Å². The van der Waals surface area contributed by atoms with Gasteiger partial charge in [-0.05, 0) is 23.7 Å². The van der Waals surface area contributed by atoms with Crippen LogP contribution in [-0.2, 0) is 7.05 Å². The molecule has 3 nitrogen and oxygen atoms in total. The number of furan rings is 1. The Balaban J connectivity index is 2.52. The van der Waals surface area contributed by atoms with Gasteiger partial charge in [-0.15, -0.1) is 0 Å². The van der Waals surface area contributed by atoms with Crippen LogP contribution in [0, 0.1) is 0 Å². The van der Waals surface area contributed by atoms with E-state index in [4.69, 9.17) is 27.6 Å². The predicted molar refractivity (Wildman–Crippen MR) is 50.9 cm³/mol. The average Bonchev–Trinajstić information content (AvgIpc) is 2.62. The second kappa shape index (κ2) is 3.09. The van der Waals surface area contributed by atoms with E-state index in [1.165, 1.54) is 0 Å². The van der Waals surface area contributed by atoms with Crippen molar-refractivity contribution in [2.24, 2.45) is 7.05 Å². The van der Waals surface area contributed by atoms with E-state index in [9.17, 15) is 0 Å².